The van der Waals surface area contributed by atoms with Crippen molar-refractivity contribution < 1.29 is 32.7 Å². The average molecular weight is 520 g/mol. The van der Waals surface area contributed by atoms with Crippen LogP contribution in [0.4, 0.5) is 18.0 Å². The Morgan fingerprint density at radius 3 is 2.49 bits per heavy atom. The first kappa shape index (κ1) is 25.1. The standard InChI is InChI=1S/C25H28F3N5O4/c26-25(27,28)17-4-1-3-15(9-17)13-29-24(37)31-7-8-32-20(14-31)12-21(30-32)22(34)33-18-5-2-6-19(33)11-16(10-18)23(35)36/h1,3-4,9,12,16,18-19H,2,5-8,10-11,13-14H2,(H,29,37)(H,35,36). The Hall–Kier alpha value is -3.57. The van der Waals surface area contributed by atoms with Crippen molar-refractivity contribution in [2.75, 3.05) is 6.54 Å². The molecule has 9 nitrogen and oxygen atoms in total. The molecule has 2 saturated heterocycles. The third-order valence-electron chi connectivity index (χ3n) is 7.56. The largest absolute Gasteiger partial charge is 0.481 e. The molecule has 1 aromatic carbocycles. The number of aromatic nitrogens is 2. The van der Waals surface area contributed by atoms with Gasteiger partial charge in [-0.25, -0.2) is 4.79 Å². The number of amides is 3. The van der Waals surface area contributed by atoms with Crippen LogP contribution in [0.15, 0.2) is 30.3 Å². The maximum Gasteiger partial charge on any atom is 0.416 e. The van der Waals surface area contributed by atoms with Crippen LogP contribution >= 0.6 is 0 Å². The number of fused-ring (bicyclic) bond motifs is 3. The topological polar surface area (TPSA) is 108 Å². The lowest BCUT2D eigenvalue weighted by Crippen LogP contribution is -2.55. The highest BCUT2D eigenvalue weighted by atomic mass is 19.4. The molecule has 2 atom stereocenters. The van der Waals surface area contributed by atoms with Gasteiger partial charge in [-0.15, -0.1) is 0 Å². The van der Waals surface area contributed by atoms with Crippen molar-refractivity contribution in [2.45, 2.75) is 70.0 Å². The molecule has 3 aliphatic rings. The molecule has 0 aliphatic carbocycles. The summed E-state index contributed by atoms with van der Waals surface area (Å²) in [6, 6.07) is 5.86. The number of hydrogen-bond donors (Lipinski definition) is 2. The number of alkyl halides is 3. The normalized spacial score (nSPS) is 23.4. The van der Waals surface area contributed by atoms with Crippen LogP contribution < -0.4 is 5.32 Å². The second-order valence-electron chi connectivity index (χ2n) is 9.98. The minimum atomic E-state index is -4.45. The van der Waals surface area contributed by atoms with Gasteiger partial charge < -0.3 is 20.2 Å². The minimum Gasteiger partial charge on any atom is -0.481 e. The van der Waals surface area contributed by atoms with Crippen LogP contribution in [0.1, 0.15) is 59.4 Å². The van der Waals surface area contributed by atoms with E-state index >= 15 is 0 Å². The summed E-state index contributed by atoms with van der Waals surface area (Å²) < 4.78 is 40.5. The van der Waals surface area contributed by atoms with Crippen LogP contribution in [0, 0.1) is 5.92 Å². The molecule has 0 saturated carbocycles. The number of aliphatic carboxylic acids is 1. The number of carboxylic acid groups (broad SMARTS) is 1. The Labute approximate surface area is 211 Å². The molecule has 2 fully saturated rings. The number of carbonyl (C=O) groups is 3. The zero-order valence-corrected chi connectivity index (χ0v) is 20.1. The molecule has 12 heteroatoms. The Kier molecular flexibility index (Phi) is 6.59. The van der Waals surface area contributed by atoms with Gasteiger partial charge in [0.25, 0.3) is 5.91 Å². The molecule has 2 N–H and O–H groups in total. The number of hydrogen-bond acceptors (Lipinski definition) is 4. The molecule has 3 aliphatic heterocycles. The number of nitrogens with zero attached hydrogens (tertiary/aromatic N) is 4. The highest BCUT2D eigenvalue weighted by molar-refractivity contribution is 5.93. The number of carbonyl (C=O) groups excluding carboxylic acids is 2. The predicted molar refractivity (Wildman–Crippen MR) is 124 cm³/mol. The fraction of sp³-hybridized carbons (Fsp3) is 0.520. The molecule has 3 amide bonds. The van der Waals surface area contributed by atoms with Gasteiger partial charge in [-0.1, -0.05) is 12.1 Å². The van der Waals surface area contributed by atoms with Crippen LogP contribution in [0.3, 0.4) is 0 Å². The van der Waals surface area contributed by atoms with E-state index in [1.807, 2.05) is 4.90 Å². The van der Waals surface area contributed by atoms with Crippen molar-refractivity contribution in [1.29, 1.82) is 0 Å². The number of piperidine rings is 2. The Balaban J connectivity index is 1.22. The second kappa shape index (κ2) is 9.71. The van der Waals surface area contributed by atoms with Crippen LogP contribution in [-0.4, -0.2) is 61.2 Å². The van der Waals surface area contributed by atoms with E-state index in [0.29, 0.717) is 37.2 Å². The number of nitrogens with one attached hydrogen (secondary N) is 1. The Bertz CT molecular complexity index is 1200. The van der Waals surface area contributed by atoms with Gasteiger partial charge >= 0.3 is 18.2 Å². The zero-order chi connectivity index (χ0) is 26.3. The van der Waals surface area contributed by atoms with E-state index in [2.05, 4.69) is 10.4 Å². The van der Waals surface area contributed by atoms with Gasteiger partial charge in [0, 0.05) is 25.2 Å². The second-order valence-corrected chi connectivity index (χ2v) is 9.98. The highest BCUT2D eigenvalue weighted by Gasteiger charge is 2.44. The van der Waals surface area contributed by atoms with E-state index in [-0.39, 0.29) is 36.8 Å². The quantitative estimate of drug-likeness (QED) is 0.643. The van der Waals surface area contributed by atoms with Gasteiger partial charge in [0.2, 0.25) is 0 Å². The van der Waals surface area contributed by atoms with E-state index in [1.54, 1.807) is 10.7 Å². The van der Waals surface area contributed by atoms with E-state index < -0.39 is 29.7 Å². The van der Waals surface area contributed by atoms with E-state index in [0.717, 1.165) is 31.4 Å². The molecule has 198 valence electrons. The van der Waals surface area contributed by atoms with E-state index in [9.17, 15) is 32.7 Å². The van der Waals surface area contributed by atoms with Crippen molar-refractivity contribution in [3.05, 3.63) is 52.8 Å². The predicted octanol–water partition coefficient (Wildman–Crippen LogP) is 3.49. The van der Waals surface area contributed by atoms with Crippen molar-refractivity contribution >= 4 is 17.9 Å². The lowest BCUT2D eigenvalue weighted by Gasteiger charge is -2.47. The molecule has 2 aromatic rings. The van der Waals surface area contributed by atoms with Gasteiger partial charge in [-0.05, 0) is 55.9 Å². The smallest absolute Gasteiger partial charge is 0.416 e. The summed E-state index contributed by atoms with van der Waals surface area (Å²) in [7, 11) is 0. The number of halogens is 3. The maximum absolute atomic E-state index is 13.4. The molecule has 4 heterocycles. The lowest BCUT2D eigenvalue weighted by atomic mass is 9.78. The minimum absolute atomic E-state index is 0.0443. The van der Waals surface area contributed by atoms with Crippen LogP contribution in [-0.2, 0) is 30.6 Å². The fourth-order valence-electron chi connectivity index (χ4n) is 5.74. The summed E-state index contributed by atoms with van der Waals surface area (Å²) in [6.45, 7) is 0.888. The summed E-state index contributed by atoms with van der Waals surface area (Å²) >= 11 is 0. The molecule has 2 bridgehead atoms. The third kappa shape index (κ3) is 5.14. The lowest BCUT2D eigenvalue weighted by molar-refractivity contribution is -0.145. The molecular weight excluding hydrogens is 491 g/mol. The molecule has 0 spiro atoms. The summed E-state index contributed by atoms with van der Waals surface area (Å²) in [5.74, 6) is -1.45. The Morgan fingerprint density at radius 2 is 1.81 bits per heavy atom. The van der Waals surface area contributed by atoms with Crippen molar-refractivity contribution in [3.63, 3.8) is 0 Å². The van der Waals surface area contributed by atoms with Crippen LogP contribution in [0.5, 0.6) is 0 Å². The number of carboxylic acids is 1. The fourth-order valence-corrected chi connectivity index (χ4v) is 5.74. The average Bonchev–Trinajstić information content (AvgIpc) is 3.29. The molecule has 2 unspecified atom stereocenters. The van der Waals surface area contributed by atoms with Crippen molar-refractivity contribution in [2.24, 2.45) is 5.92 Å². The maximum atomic E-state index is 13.4. The summed E-state index contributed by atoms with van der Waals surface area (Å²) in [5, 5.41) is 16.6. The van der Waals surface area contributed by atoms with Gasteiger partial charge in [0.15, 0.2) is 5.69 Å². The molecular formula is C25H28F3N5O4. The third-order valence-corrected chi connectivity index (χ3v) is 7.56. The highest BCUT2D eigenvalue weighted by Crippen LogP contribution is 2.38. The van der Waals surface area contributed by atoms with E-state index in [1.165, 1.54) is 17.0 Å². The van der Waals surface area contributed by atoms with Crippen LogP contribution in [0.25, 0.3) is 0 Å². The first-order valence-electron chi connectivity index (χ1n) is 12.4. The monoisotopic (exact) mass is 519 g/mol. The van der Waals surface area contributed by atoms with Crippen molar-refractivity contribution in [1.82, 2.24) is 24.9 Å². The van der Waals surface area contributed by atoms with Crippen molar-refractivity contribution in [3.8, 4) is 0 Å². The zero-order valence-electron chi connectivity index (χ0n) is 20.1. The Morgan fingerprint density at radius 1 is 1.08 bits per heavy atom. The summed E-state index contributed by atoms with van der Waals surface area (Å²) in [5.41, 5.74) is 0.547. The molecule has 5 rings (SSSR count). The molecule has 1 aromatic heterocycles. The number of rotatable bonds is 4. The molecule has 37 heavy (non-hydrogen) atoms. The number of urea groups is 1. The SMILES string of the molecule is O=C(O)C1CC2CCCC(C1)N2C(=O)c1cc2n(n1)CCN(C(=O)NCc1cccc(C(F)(F)F)c1)C2. The van der Waals surface area contributed by atoms with E-state index in [4.69, 9.17) is 0 Å². The van der Waals surface area contributed by atoms with Gasteiger partial charge in [0.05, 0.1) is 30.3 Å². The first-order chi connectivity index (χ1) is 17.6. The van der Waals surface area contributed by atoms with Gasteiger partial charge in [-0.3, -0.25) is 14.3 Å². The number of benzene rings is 1. The summed E-state index contributed by atoms with van der Waals surface area (Å²) in [4.78, 5) is 41.0. The summed E-state index contributed by atoms with van der Waals surface area (Å²) in [6.07, 6.45) is -1.03. The van der Waals surface area contributed by atoms with Gasteiger partial charge in [-0.2, -0.15) is 18.3 Å². The molecule has 0 radical (unpaired) electrons. The first-order valence-corrected chi connectivity index (χ1v) is 12.4. The van der Waals surface area contributed by atoms with Gasteiger partial charge in [0.1, 0.15) is 0 Å². The van der Waals surface area contributed by atoms with Crippen LogP contribution in [0.2, 0.25) is 0 Å².